The third kappa shape index (κ3) is 4.06. The van der Waals surface area contributed by atoms with Crippen molar-refractivity contribution in [3.05, 3.63) is 64.4 Å². The van der Waals surface area contributed by atoms with Crippen LogP contribution in [-0.4, -0.2) is 30.5 Å². The maximum atomic E-state index is 6.00. The molecule has 2 rings (SSSR count). The first-order valence-electron chi connectivity index (χ1n) is 6.89. The second-order valence-corrected chi connectivity index (χ2v) is 5.86. The Morgan fingerprint density at radius 3 is 2.40 bits per heavy atom. The summed E-state index contributed by atoms with van der Waals surface area (Å²) in [6.45, 7) is 3.09. The molecule has 1 heterocycles. The number of rotatable bonds is 5. The van der Waals surface area contributed by atoms with Gasteiger partial charge in [0.2, 0.25) is 0 Å². The van der Waals surface area contributed by atoms with Crippen LogP contribution >= 0.6 is 11.6 Å². The monoisotopic (exact) mass is 288 g/mol. The van der Waals surface area contributed by atoms with Crippen LogP contribution in [-0.2, 0) is 0 Å². The molecule has 0 fully saturated rings. The molecule has 0 N–H and O–H groups in total. The van der Waals surface area contributed by atoms with Crippen molar-refractivity contribution in [1.82, 2.24) is 9.88 Å². The molecule has 1 atom stereocenters. The van der Waals surface area contributed by atoms with Crippen molar-refractivity contribution >= 4 is 11.6 Å². The molecular formula is C17H21ClN2. The van der Waals surface area contributed by atoms with Crippen LogP contribution in [0.25, 0.3) is 0 Å². The van der Waals surface area contributed by atoms with Crippen LogP contribution in [0.5, 0.6) is 0 Å². The van der Waals surface area contributed by atoms with Crippen LogP contribution in [0.2, 0.25) is 5.02 Å². The third-order valence-electron chi connectivity index (χ3n) is 3.46. The number of benzene rings is 1. The summed E-state index contributed by atoms with van der Waals surface area (Å²) in [4.78, 5) is 6.51. The summed E-state index contributed by atoms with van der Waals surface area (Å²) < 4.78 is 0. The van der Waals surface area contributed by atoms with Crippen LogP contribution in [0.3, 0.4) is 0 Å². The van der Waals surface area contributed by atoms with Gasteiger partial charge in [-0.3, -0.25) is 4.98 Å². The van der Waals surface area contributed by atoms with E-state index < -0.39 is 0 Å². The van der Waals surface area contributed by atoms with Gasteiger partial charge < -0.3 is 4.90 Å². The zero-order valence-corrected chi connectivity index (χ0v) is 13.1. The maximum Gasteiger partial charge on any atom is 0.0406 e. The van der Waals surface area contributed by atoms with E-state index in [0.29, 0.717) is 5.92 Å². The Bertz CT molecular complexity index is 549. The quantitative estimate of drug-likeness (QED) is 0.822. The largest absolute Gasteiger partial charge is 0.309 e. The lowest BCUT2D eigenvalue weighted by molar-refractivity contribution is 0.390. The van der Waals surface area contributed by atoms with Crippen molar-refractivity contribution in [2.24, 2.45) is 0 Å². The number of nitrogens with zero attached hydrogens (tertiary/aromatic N) is 2. The molecule has 1 unspecified atom stereocenters. The van der Waals surface area contributed by atoms with Gasteiger partial charge in [0, 0.05) is 22.8 Å². The van der Waals surface area contributed by atoms with E-state index >= 15 is 0 Å². The molecule has 0 radical (unpaired) electrons. The van der Waals surface area contributed by atoms with Gasteiger partial charge >= 0.3 is 0 Å². The van der Waals surface area contributed by atoms with Crippen LogP contribution < -0.4 is 0 Å². The average Bonchev–Trinajstić information content (AvgIpc) is 2.41. The van der Waals surface area contributed by atoms with Crippen molar-refractivity contribution in [2.75, 3.05) is 20.6 Å². The van der Waals surface area contributed by atoms with Crippen molar-refractivity contribution < 1.29 is 0 Å². The predicted molar refractivity (Wildman–Crippen MR) is 85.4 cm³/mol. The Balaban J connectivity index is 2.31. The first-order chi connectivity index (χ1) is 9.56. The summed E-state index contributed by atoms with van der Waals surface area (Å²) >= 11 is 6.00. The molecule has 0 bridgehead atoms. The number of pyridine rings is 1. The van der Waals surface area contributed by atoms with Crippen molar-refractivity contribution in [3.8, 4) is 0 Å². The van der Waals surface area contributed by atoms with Crippen LogP contribution in [0.4, 0.5) is 0 Å². The summed E-state index contributed by atoms with van der Waals surface area (Å²) in [5, 5.41) is 0.783. The van der Waals surface area contributed by atoms with Crippen molar-refractivity contribution in [3.63, 3.8) is 0 Å². The van der Waals surface area contributed by atoms with E-state index in [1.165, 1.54) is 11.1 Å². The fourth-order valence-corrected chi connectivity index (χ4v) is 2.52. The summed E-state index contributed by atoms with van der Waals surface area (Å²) in [6, 6.07) is 12.5. The zero-order chi connectivity index (χ0) is 14.5. The van der Waals surface area contributed by atoms with Crippen LogP contribution in [0.15, 0.2) is 42.6 Å². The first kappa shape index (κ1) is 15.0. The Morgan fingerprint density at radius 2 is 1.80 bits per heavy atom. The second-order valence-electron chi connectivity index (χ2n) is 5.43. The minimum atomic E-state index is 0.386. The fourth-order valence-electron chi connectivity index (χ4n) is 2.39. The van der Waals surface area contributed by atoms with E-state index in [1.54, 1.807) is 0 Å². The zero-order valence-electron chi connectivity index (χ0n) is 12.3. The lowest BCUT2D eigenvalue weighted by Crippen LogP contribution is -2.16. The molecule has 106 valence electrons. The van der Waals surface area contributed by atoms with E-state index in [-0.39, 0.29) is 0 Å². The highest BCUT2D eigenvalue weighted by molar-refractivity contribution is 6.30. The molecule has 0 spiro atoms. The van der Waals surface area contributed by atoms with E-state index in [0.717, 1.165) is 23.7 Å². The highest BCUT2D eigenvalue weighted by Crippen LogP contribution is 2.29. The highest BCUT2D eigenvalue weighted by atomic mass is 35.5. The Morgan fingerprint density at radius 1 is 1.10 bits per heavy atom. The molecule has 0 aliphatic heterocycles. The molecule has 0 saturated heterocycles. The molecule has 0 amide bonds. The number of aromatic nitrogens is 1. The maximum absolute atomic E-state index is 6.00. The number of aryl methyl sites for hydroxylation is 1. The van der Waals surface area contributed by atoms with Gasteiger partial charge in [-0.05, 0) is 69.4 Å². The Kier molecular flexibility index (Phi) is 5.16. The van der Waals surface area contributed by atoms with Gasteiger partial charge in [-0.1, -0.05) is 23.7 Å². The molecule has 2 nitrogen and oxygen atoms in total. The Labute approximate surface area is 126 Å². The van der Waals surface area contributed by atoms with Gasteiger partial charge in [0.15, 0.2) is 0 Å². The van der Waals surface area contributed by atoms with Crippen LogP contribution in [0, 0.1) is 6.92 Å². The molecule has 20 heavy (non-hydrogen) atoms. The van der Waals surface area contributed by atoms with Crippen molar-refractivity contribution in [2.45, 2.75) is 19.3 Å². The SMILES string of the molecule is Cc1cc(C(CCN(C)C)c2ccc(Cl)cc2)ccn1. The average molecular weight is 289 g/mol. The van der Waals surface area contributed by atoms with Gasteiger partial charge in [-0.15, -0.1) is 0 Å². The molecule has 0 aliphatic carbocycles. The van der Waals surface area contributed by atoms with Gasteiger partial charge in [0.1, 0.15) is 0 Å². The lowest BCUT2D eigenvalue weighted by Gasteiger charge is -2.20. The summed E-state index contributed by atoms with van der Waals surface area (Å²) in [5.41, 5.74) is 3.69. The van der Waals surface area contributed by atoms with E-state index in [2.05, 4.69) is 48.2 Å². The van der Waals surface area contributed by atoms with Gasteiger partial charge in [-0.25, -0.2) is 0 Å². The minimum absolute atomic E-state index is 0.386. The van der Waals surface area contributed by atoms with E-state index in [4.69, 9.17) is 11.6 Å². The van der Waals surface area contributed by atoms with E-state index in [9.17, 15) is 0 Å². The normalized spacial score (nSPS) is 12.7. The van der Waals surface area contributed by atoms with Gasteiger partial charge in [0.05, 0.1) is 0 Å². The third-order valence-corrected chi connectivity index (χ3v) is 3.71. The molecule has 0 saturated carbocycles. The number of hydrogen-bond donors (Lipinski definition) is 0. The van der Waals surface area contributed by atoms with Crippen molar-refractivity contribution in [1.29, 1.82) is 0 Å². The topological polar surface area (TPSA) is 16.1 Å². The standard InChI is InChI=1S/C17H21ClN2/c1-13-12-15(8-10-19-13)17(9-11-20(2)3)14-4-6-16(18)7-5-14/h4-8,10,12,17H,9,11H2,1-3H3. The van der Waals surface area contributed by atoms with E-state index in [1.807, 2.05) is 25.3 Å². The van der Waals surface area contributed by atoms with Crippen LogP contribution in [0.1, 0.15) is 29.2 Å². The first-order valence-corrected chi connectivity index (χ1v) is 7.27. The molecule has 1 aromatic heterocycles. The molecular weight excluding hydrogens is 268 g/mol. The molecule has 2 aromatic rings. The lowest BCUT2D eigenvalue weighted by atomic mass is 9.88. The molecule has 0 aliphatic rings. The Hall–Kier alpha value is -1.38. The number of hydrogen-bond acceptors (Lipinski definition) is 2. The minimum Gasteiger partial charge on any atom is -0.309 e. The summed E-state index contributed by atoms with van der Waals surface area (Å²) in [5.74, 6) is 0.386. The number of halogens is 1. The fraction of sp³-hybridized carbons (Fsp3) is 0.353. The molecule has 1 aromatic carbocycles. The summed E-state index contributed by atoms with van der Waals surface area (Å²) in [6.07, 6.45) is 2.97. The summed E-state index contributed by atoms with van der Waals surface area (Å²) in [7, 11) is 4.22. The molecule has 3 heteroatoms. The van der Waals surface area contributed by atoms with Gasteiger partial charge in [-0.2, -0.15) is 0 Å². The smallest absolute Gasteiger partial charge is 0.0406 e. The predicted octanol–water partition coefficient (Wildman–Crippen LogP) is 4.13. The second kappa shape index (κ2) is 6.87. The van der Waals surface area contributed by atoms with Gasteiger partial charge in [0.25, 0.3) is 0 Å². The highest BCUT2D eigenvalue weighted by Gasteiger charge is 2.14.